The Hall–Kier alpha value is -1.60. The Balaban J connectivity index is 2.14. The van der Waals surface area contributed by atoms with Crippen molar-refractivity contribution >= 4 is 29.0 Å². The maximum atomic E-state index is 12.8. The topological polar surface area (TPSA) is 44.7 Å². The number of hydrogen-bond acceptors (Lipinski definition) is 2. The molecule has 120 valence electrons. The molecule has 1 aromatic rings. The first-order valence-corrected chi connectivity index (χ1v) is 7.07. The van der Waals surface area contributed by atoms with Gasteiger partial charge in [0.25, 0.3) is 0 Å². The third-order valence-electron chi connectivity index (χ3n) is 3.26. The van der Waals surface area contributed by atoms with Crippen LogP contribution in [0.4, 0.5) is 23.7 Å². The summed E-state index contributed by atoms with van der Waals surface area (Å²) in [5.74, 6) is 0. The Morgan fingerprint density at radius 2 is 2.14 bits per heavy atom. The zero-order valence-electron chi connectivity index (χ0n) is 11.9. The van der Waals surface area contributed by atoms with E-state index in [1.54, 1.807) is 0 Å². The van der Waals surface area contributed by atoms with Crippen molar-refractivity contribution in [2.24, 2.45) is 4.99 Å². The average Bonchev–Trinajstić information content (AvgIpc) is 2.39. The highest BCUT2D eigenvalue weighted by molar-refractivity contribution is 6.34. The van der Waals surface area contributed by atoms with Crippen LogP contribution in [-0.2, 0) is 6.18 Å². The maximum Gasteiger partial charge on any atom is 0.417 e. The lowest BCUT2D eigenvalue weighted by Crippen LogP contribution is -2.33. The van der Waals surface area contributed by atoms with Gasteiger partial charge in [0.15, 0.2) is 0 Å². The summed E-state index contributed by atoms with van der Waals surface area (Å²) < 4.78 is 38.3. The monoisotopic (exact) mass is 333 g/mol. The average molecular weight is 334 g/mol. The van der Waals surface area contributed by atoms with E-state index in [-0.39, 0.29) is 5.69 Å². The quantitative estimate of drug-likeness (QED) is 0.842. The highest BCUT2D eigenvalue weighted by Gasteiger charge is 2.34. The molecule has 1 aliphatic rings. The number of urea groups is 1. The second kappa shape index (κ2) is 6.66. The number of aliphatic imine (C=N–C) groups is 1. The molecule has 1 heterocycles. The third-order valence-corrected chi connectivity index (χ3v) is 3.67. The Bertz CT molecular complexity index is 601. The second-order valence-electron chi connectivity index (χ2n) is 5.11. The zero-order valence-corrected chi connectivity index (χ0v) is 12.6. The van der Waals surface area contributed by atoms with Crippen LogP contribution in [0.2, 0.25) is 5.02 Å². The summed E-state index contributed by atoms with van der Waals surface area (Å²) >= 11 is 5.71. The molecule has 1 fully saturated rings. The molecule has 1 N–H and O–H groups in total. The molecule has 1 saturated heterocycles. The Kier molecular flexibility index (Phi) is 5.08. The minimum absolute atomic E-state index is 0.102. The van der Waals surface area contributed by atoms with Crippen molar-refractivity contribution in [3.8, 4) is 0 Å². The molecule has 0 saturated carbocycles. The lowest BCUT2D eigenvalue weighted by Gasteiger charge is -2.23. The summed E-state index contributed by atoms with van der Waals surface area (Å²) in [5, 5.41) is 1.77. The molecule has 0 radical (unpaired) electrons. The van der Waals surface area contributed by atoms with E-state index >= 15 is 0 Å². The van der Waals surface area contributed by atoms with Gasteiger partial charge in [-0.3, -0.25) is 0 Å². The van der Waals surface area contributed by atoms with Gasteiger partial charge in [0.05, 0.1) is 16.3 Å². The van der Waals surface area contributed by atoms with Crippen molar-refractivity contribution < 1.29 is 18.0 Å². The van der Waals surface area contributed by atoms with Gasteiger partial charge in [-0.05, 0) is 38.6 Å². The van der Waals surface area contributed by atoms with Crippen LogP contribution in [0, 0.1) is 0 Å². The van der Waals surface area contributed by atoms with Crippen LogP contribution in [0.5, 0.6) is 0 Å². The van der Waals surface area contributed by atoms with E-state index in [2.05, 4.69) is 10.3 Å². The molecular formula is C14H15ClF3N3O. The number of piperidine rings is 1. The standard InChI is InChI=1S/C14H15ClF3N3O/c1-21-7-3-4-9(8-21)19-13(22)20-11-6-2-5-10(12(11)15)14(16,17)18/h2,5-6H,3-4,7-8H2,1H3,(H,20,22). The lowest BCUT2D eigenvalue weighted by molar-refractivity contribution is -0.137. The van der Waals surface area contributed by atoms with Crippen molar-refractivity contribution in [3.05, 3.63) is 28.8 Å². The summed E-state index contributed by atoms with van der Waals surface area (Å²) in [4.78, 5) is 17.8. The molecule has 1 aliphatic heterocycles. The Morgan fingerprint density at radius 3 is 2.77 bits per heavy atom. The van der Waals surface area contributed by atoms with Gasteiger partial charge in [-0.25, -0.2) is 9.79 Å². The van der Waals surface area contributed by atoms with E-state index in [0.717, 1.165) is 19.0 Å². The molecule has 0 aliphatic carbocycles. The predicted octanol–water partition coefficient (Wildman–Crippen LogP) is 4.06. The van der Waals surface area contributed by atoms with Crippen LogP contribution in [0.15, 0.2) is 23.2 Å². The van der Waals surface area contributed by atoms with Gasteiger partial charge in [-0.1, -0.05) is 17.7 Å². The number of benzene rings is 1. The molecule has 2 rings (SSSR count). The van der Waals surface area contributed by atoms with Gasteiger partial charge in [-0.15, -0.1) is 0 Å². The molecule has 0 bridgehead atoms. The second-order valence-corrected chi connectivity index (χ2v) is 5.49. The fraction of sp³-hybridized carbons (Fsp3) is 0.429. The largest absolute Gasteiger partial charge is 0.417 e. The van der Waals surface area contributed by atoms with Gasteiger partial charge in [0.1, 0.15) is 0 Å². The number of nitrogens with zero attached hydrogens (tertiary/aromatic N) is 2. The van der Waals surface area contributed by atoms with E-state index < -0.39 is 22.8 Å². The zero-order chi connectivity index (χ0) is 16.3. The van der Waals surface area contributed by atoms with Crippen LogP contribution in [0.25, 0.3) is 0 Å². The molecular weight excluding hydrogens is 319 g/mol. The number of likely N-dealkylation sites (tertiary alicyclic amines) is 1. The minimum atomic E-state index is -4.57. The minimum Gasteiger partial charge on any atom is -0.305 e. The maximum absolute atomic E-state index is 12.8. The predicted molar refractivity (Wildman–Crippen MR) is 79.6 cm³/mol. The molecule has 0 unspecified atom stereocenters. The van der Waals surface area contributed by atoms with Crippen LogP contribution in [0.1, 0.15) is 18.4 Å². The summed E-state index contributed by atoms with van der Waals surface area (Å²) in [5.41, 5.74) is -0.388. The number of rotatable bonds is 1. The van der Waals surface area contributed by atoms with Crippen LogP contribution < -0.4 is 5.32 Å². The number of amides is 2. The number of carbonyl (C=O) groups is 1. The van der Waals surface area contributed by atoms with Gasteiger partial charge in [0, 0.05) is 12.3 Å². The van der Waals surface area contributed by atoms with E-state index in [1.165, 1.54) is 12.1 Å². The number of halogens is 4. The first kappa shape index (κ1) is 16.8. The van der Waals surface area contributed by atoms with Crippen molar-refractivity contribution in [3.63, 3.8) is 0 Å². The van der Waals surface area contributed by atoms with Crippen molar-refractivity contribution in [2.75, 3.05) is 25.5 Å². The molecule has 0 spiro atoms. The first-order chi connectivity index (χ1) is 10.3. The molecule has 0 atom stereocenters. The molecule has 4 nitrogen and oxygen atoms in total. The number of anilines is 1. The summed E-state index contributed by atoms with van der Waals surface area (Å²) in [6.07, 6.45) is -2.98. The molecule has 8 heteroatoms. The summed E-state index contributed by atoms with van der Waals surface area (Å²) in [7, 11) is 1.91. The van der Waals surface area contributed by atoms with E-state index in [1.807, 2.05) is 11.9 Å². The highest BCUT2D eigenvalue weighted by atomic mass is 35.5. The number of alkyl halides is 3. The van der Waals surface area contributed by atoms with E-state index in [4.69, 9.17) is 11.6 Å². The molecule has 22 heavy (non-hydrogen) atoms. The van der Waals surface area contributed by atoms with Gasteiger partial charge >= 0.3 is 12.2 Å². The molecule has 2 amide bonds. The SMILES string of the molecule is CN1CCCC(=NC(=O)Nc2cccc(C(F)(F)F)c2Cl)C1. The van der Waals surface area contributed by atoms with Crippen LogP contribution in [0.3, 0.4) is 0 Å². The summed E-state index contributed by atoms with van der Waals surface area (Å²) in [6, 6.07) is 2.64. The van der Waals surface area contributed by atoms with E-state index in [9.17, 15) is 18.0 Å². The first-order valence-electron chi connectivity index (χ1n) is 6.69. The molecule has 0 aromatic heterocycles. The highest BCUT2D eigenvalue weighted by Crippen LogP contribution is 2.38. The van der Waals surface area contributed by atoms with Gasteiger partial charge in [-0.2, -0.15) is 13.2 Å². The van der Waals surface area contributed by atoms with Gasteiger partial charge in [0.2, 0.25) is 0 Å². The smallest absolute Gasteiger partial charge is 0.305 e. The number of carbonyl (C=O) groups excluding carboxylic acids is 1. The molecule has 1 aromatic carbocycles. The number of hydrogen-bond donors (Lipinski definition) is 1. The summed E-state index contributed by atoms with van der Waals surface area (Å²) in [6.45, 7) is 1.50. The Morgan fingerprint density at radius 1 is 1.41 bits per heavy atom. The number of nitrogens with one attached hydrogen (secondary N) is 1. The fourth-order valence-corrected chi connectivity index (χ4v) is 2.53. The lowest BCUT2D eigenvalue weighted by atomic mass is 10.1. The van der Waals surface area contributed by atoms with Crippen molar-refractivity contribution in [2.45, 2.75) is 19.0 Å². The Labute approximate surface area is 131 Å². The normalized spacial score (nSPS) is 18.5. The van der Waals surface area contributed by atoms with Crippen LogP contribution in [-0.4, -0.2) is 36.8 Å². The van der Waals surface area contributed by atoms with E-state index in [0.29, 0.717) is 18.7 Å². The third kappa shape index (κ3) is 4.20. The van der Waals surface area contributed by atoms with Gasteiger partial charge < -0.3 is 10.2 Å². The van der Waals surface area contributed by atoms with Crippen molar-refractivity contribution in [1.29, 1.82) is 0 Å². The van der Waals surface area contributed by atoms with Crippen LogP contribution >= 0.6 is 11.6 Å². The van der Waals surface area contributed by atoms with Crippen molar-refractivity contribution in [1.82, 2.24) is 4.90 Å². The fourth-order valence-electron chi connectivity index (χ4n) is 2.25.